The lowest BCUT2D eigenvalue weighted by Crippen LogP contribution is -2.58. The van der Waals surface area contributed by atoms with Crippen LogP contribution in [-0.2, 0) is 20.8 Å². The molecule has 0 spiro atoms. The van der Waals surface area contributed by atoms with E-state index < -0.39 is 52.0 Å². The van der Waals surface area contributed by atoms with Crippen molar-refractivity contribution in [3.8, 4) is 5.75 Å². The number of fused-ring (bicyclic) bond motifs is 3. The number of hydrogen-bond donors (Lipinski definition) is 7. The molecule has 11 nitrogen and oxygen atoms in total. The molecular formula is C30H42N4O7. The summed E-state index contributed by atoms with van der Waals surface area (Å²) >= 11 is 0. The van der Waals surface area contributed by atoms with Crippen molar-refractivity contribution in [1.82, 2.24) is 5.32 Å². The number of hydrogen-bond acceptors (Lipinski definition) is 10. The van der Waals surface area contributed by atoms with Gasteiger partial charge in [0.2, 0.25) is 5.78 Å². The third-order valence-electron chi connectivity index (χ3n) is 8.52. The van der Waals surface area contributed by atoms with Crippen LogP contribution in [0.3, 0.4) is 0 Å². The molecule has 1 amide bonds. The highest BCUT2D eigenvalue weighted by atomic mass is 16.3. The summed E-state index contributed by atoms with van der Waals surface area (Å²) in [4.78, 5) is 40.2. The largest absolute Gasteiger partial charge is 0.508 e. The van der Waals surface area contributed by atoms with Gasteiger partial charge in [-0.25, -0.2) is 0 Å². The number of Topliss-reactive ketones (excluding diaryl/α,β-unsaturated/α-hetero) is 2. The summed E-state index contributed by atoms with van der Waals surface area (Å²) in [5.41, 5.74) is 3.37. The van der Waals surface area contributed by atoms with E-state index in [0.29, 0.717) is 17.8 Å². The molecule has 3 aliphatic rings. The first kappa shape index (κ1) is 30.4. The highest BCUT2D eigenvalue weighted by Crippen LogP contribution is 2.54. The number of anilines is 2. The smallest absolute Gasteiger partial charge is 0.255 e. The number of benzene rings is 1. The molecule has 0 heterocycles. The summed E-state index contributed by atoms with van der Waals surface area (Å²) in [6.07, 6.45) is -0.0187. The molecule has 0 radical (unpaired) electrons. The minimum absolute atomic E-state index is 0.0668. The topological polar surface area (TPSA) is 185 Å². The number of ketones is 2. The number of carbonyl (C=O) groups excluding carboxylic acids is 3. The molecule has 1 fully saturated rings. The van der Waals surface area contributed by atoms with Crippen molar-refractivity contribution >= 4 is 34.6 Å². The summed E-state index contributed by atoms with van der Waals surface area (Å²) in [5, 5.41) is 52.3. The van der Waals surface area contributed by atoms with Crippen molar-refractivity contribution in [2.45, 2.75) is 71.1 Å². The predicted molar refractivity (Wildman–Crippen MR) is 156 cm³/mol. The van der Waals surface area contributed by atoms with E-state index in [1.807, 2.05) is 25.1 Å². The predicted octanol–water partition coefficient (Wildman–Crippen LogP) is 2.31. The second kappa shape index (κ2) is 10.4. The maximum atomic E-state index is 13.8. The summed E-state index contributed by atoms with van der Waals surface area (Å²) in [7, 11) is 3.68. The average molecular weight is 571 g/mol. The zero-order chi connectivity index (χ0) is 30.8. The zero-order valence-corrected chi connectivity index (χ0v) is 24.8. The van der Waals surface area contributed by atoms with Gasteiger partial charge in [0.1, 0.15) is 22.8 Å². The number of nitrogens with zero attached hydrogens (tertiary/aromatic N) is 1. The van der Waals surface area contributed by atoms with Crippen molar-refractivity contribution in [2.75, 3.05) is 30.9 Å². The number of primary amides is 1. The fraction of sp³-hybridized carbons (Fsp3) is 0.567. The van der Waals surface area contributed by atoms with Crippen LogP contribution < -0.4 is 21.3 Å². The van der Waals surface area contributed by atoms with E-state index in [2.05, 4.69) is 45.3 Å². The lowest BCUT2D eigenvalue weighted by atomic mass is 9.59. The lowest BCUT2D eigenvalue weighted by molar-refractivity contribution is -0.147. The van der Waals surface area contributed by atoms with Gasteiger partial charge in [-0.1, -0.05) is 13.8 Å². The first-order valence-electron chi connectivity index (χ1n) is 13.9. The highest BCUT2D eigenvalue weighted by Gasteiger charge is 2.60. The van der Waals surface area contributed by atoms with Gasteiger partial charge in [0.05, 0.1) is 11.3 Å². The van der Waals surface area contributed by atoms with Gasteiger partial charge < -0.3 is 41.7 Å². The van der Waals surface area contributed by atoms with Crippen LogP contribution in [0.25, 0.3) is 5.76 Å². The molecule has 0 aliphatic heterocycles. The number of rotatable bonds is 7. The number of amides is 1. The Morgan fingerprint density at radius 2 is 1.80 bits per heavy atom. The maximum absolute atomic E-state index is 13.8. The van der Waals surface area contributed by atoms with Crippen molar-refractivity contribution in [2.24, 2.45) is 23.5 Å². The SMILES string of the molecule is CC(C)C(CNC(C)(C)C)Nc1cc(N(C)C)c2c(c1O)C(O)=C1C(=O)C3(O)C(O)=C(C(N)=O)C(=O)CC3CC1C2. The van der Waals surface area contributed by atoms with Gasteiger partial charge in [0.15, 0.2) is 11.4 Å². The molecule has 1 saturated carbocycles. The molecule has 4 atom stereocenters. The molecule has 4 unspecified atom stereocenters. The number of phenolic OH excluding ortho intramolecular Hbond substituents is 1. The molecule has 4 rings (SSSR count). The van der Waals surface area contributed by atoms with Crippen molar-refractivity contribution < 1.29 is 34.8 Å². The molecule has 11 heteroatoms. The highest BCUT2D eigenvalue weighted by molar-refractivity contribution is 6.22. The normalized spacial score (nSPS) is 25.1. The molecule has 1 aromatic rings. The van der Waals surface area contributed by atoms with E-state index in [1.54, 1.807) is 0 Å². The molecule has 41 heavy (non-hydrogen) atoms. The fourth-order valence-electron chi connectivity index (χ4n) is 6.25. The van der Waals surface area contributed by atoms with Crippen LogP contribution in [0, 0.1) is 17.8 Å². The molecule has 0 bridgehead atoms. The van der Waals surface area contributed by atoms with Gasteiger partial charge in [-0.3, -0.25) is 14.4 Å². The maximum Gasteiger partial charge on any atom is 0.255 e. The van der Waals surface area contributed by atoms with E-state index in [-0.39, 0.29) is 53.6 Å². The third-order valence-corrected chi connectivity index (χ3v) is 8.52. The van der Waals surface area contributed by atoms with E-state index in [1.165, 1.54) is 0 Å². The van der Waals surface area contributed by atoms with Gasteiger partial charge in [-0.2, -0.15) is 0 Å². The molecule has 8 N–H and O–H groups in total. The molecule has 0 aromatic heterocycles. The fourth-order valence-corrected chi connectivity index (χ4v) is 6.25. The van der Waals surface area contributed by atoms with Gasteiger partial charge in [-0.05, 0) is 57.1 Å². The van der Waals surface area contributed by atoms with Crippen LogP contribution in [0.5, 0.6) is 5.75 Å². The van der Waals surface area contributed by atoms with Gasteiger partial charge in [0, 0.05) is 55.8 Å². The lowest BCUT2D eigenvalue weighted by Gasteiger charge is -2.46. The standard InChI is InChI=1S/C30H42N4O7/c1-13(2)18(12-32-29(3,4)5)33-17-11-19(34(6)7)16-9-14-8-15-10-20(35)23(28(31)40)27(39)30(15,41)26(38)21(14)25(37)22(16)24(17)36/h11,13-15,18,32-33,36-37,39,41H,8-10,12H2,1-7H3,(H2,31,40). The molecule has 3 aliphatic carbocycles. The van der Waals surface area contributed by atoms with Crippen molar-refractivity contribution in [3.05, 3.63) is 34.1 Å². The molecule has 1 aromatic carbocycles. The summed E-state index contributed by atoms with van der Waals surface area (Å²) in [6, 6.07) is 1.73. The molecule has 224 valence electrons. The first-order valence-corrected chi connectivity index (χ1v) is 13.9. The number of aliphatic hydroxyl groups excluding tert-OH is 2. The summed E-state index contributed by atoms with van der Waals surface area (Å²) in [5.74, 6) is -6.25. The van der Waals surface area contributed by atoms with Crippen LogP contribution in [0.15, 0.2) is 23.0 Å². The van der Waals surface area contributed by atoms with Crippen molar-refractivity contribution in [1.29, 1.82) is 0 Å². The second-order valence-corrected chi connectivity index (χ2v) is 13.1. The number of carbonyl (C=O) groups is 3. The van der Waals surface area contributed by atoms with E-state index in [4.69, 9.17) is 5.73 Å². The van der Waals surface area contributed by atoms with E-state index in [0.717, 1.165) is 5.69 Å². The van der Waals surface area contributed by atoms with Crippen LogP contribution in [-0.4, -0.2) is 75.7 Å². The van der Waals surface area contributed by atoms with Crippen LogP contribution >= 0.6 is 0 Å². The Labute approximate surface area is 240 Å². The second-order valence-electron chi connectivity index (χ2n) is 13.1. The molecular weight excluding hydrogens is 528 g/mol. The Morgan fingerprint density at radius 3 is 2.34 bits per heavy atom. The Morgan fingerprint density at radius 1 is 1.17 bits per heavy atom. The first-order chi connectivity index (χ1) is 18.9. The third kappa shape index (κ3) is 5.05. The van der Waals surface area contributed by atoms with Crippen molar-refractivity contribution in [3.63, 3.8) is 0 Å². The average Bonchev–Trinajstić information content (AvgIpc) is 2.83. The Balaban J connectivity index is 1.86. The number of nitrogens with two attached hydrogens (primary N) is 1. The summed E-state index contributed by atoms with van der Waals surface area (Å²) < 4.78 is 0. The monoisotopic (exact) mass is 570 g/mol. The molecule has 0 saturated heterocycles. The van der Waals surface area contributed by atoms with Crippen LogP contribution in [0.1, 0.15) is 58.6 Å². The van der Waals surface area contributed by atoms with Gasteiger partial charge in [0.25, 0.3) is 5.91 Å². The minimum Gasteiger partial charge on any atom is -0.508 e. The Kier molecular flexibility index (Phi) is 7.68. The van der Waals surface area contributed by atoms with Crippen LogP contribution in [0.4, 0.5) is 11.4 Å². The van der Waals surface area contributed by atoms with E-state index >= 15 is 0 Å². The quantitative estimate of drug-likeness (QED) is 0.189. The van der Waals surface area contributed by atoms with Gasteiger partial charge in [-0.15, -0.1) is 0 Å². The number of aromatic hydroxyl groups is 1. The van der Waals surface area contributed by atoms with Crippen LogP contribution in [0.2, 0.25) is 0 Å². The zero-order valence-electron chi connectivity index (χ0n) is 24.8. The number of phenols is 1. The Bertz CT molecular complexity index is 1370. The number of aliphatic hydroxyl groups is 3. The Hall–Kier alpha value is -3.57. The number of nitrogens with one attached hydrogen (secondary N) is 2. The minimum atomic E-state index is -2.59. The van der Waals surface area contributed by atoms with Gasteiger partial charge >= 0.3 is 0 Å². The van der Waals surface area contributed by atoms with E-state index in [9.17, 15) is 34.8 Å². The summed E-state index contributed by atoms with van der Waals surface area (Å²) in [6.45, 7) is 10.9.